The van der Waals surface area contributed by atoms with Gasteiger partial charge in [-0.1, -0.05) is 0 Å². The standard InChI is InChI=1S/C17H25N5O/c1-5-23-16-11-14(8-9-19-16)12-20-17(18-2)22(4)13-15-7-6-10-21(15)3/h6-11H,5,12-13H2,1-4H3,(H,18,20). The Labute approximate surface area is 137 Å². The van der Waals surface area contributed by atoms with E-state index in [-0.39, 0.29) is 0 Å². The molecule has 6 heteroatoms. The fourth-order valence-electron chi connectivity index (χ4n) is 2.33. The third kappa shape index (κ3) is 4.74. The Hall–Kier alpha value is -2.50. The summed E-state index contributed by atoms with van der Waals surface area (Å²) >= 11 is 0. The molecule has 0 unspecified atom stereocenters. The minimum absolute atomic E-state index is 0.616. The second-order valence-corrected chi connectivity index (χ2v) is 5.30. The van der Waals surface area contributed by atoms with E-state index in [0.29, 0.717) is 19.0 Å². The molecule has 0 radical (unpaired) electrons. The van der Waals surface area contributed by atoms with Crippen molar-refractivity contribution in [1.29, 1.82) is 0 Å². The van der Waals surface area contributed by atoms with Crippen molar-refractivity contribution in [2.24, 2.45) is 12.0 Å². The fraction of sp³-hybridized carbons (Fsp3) is 0.412. The molecule has 0 aliphatic heterocycles. The molecule has 0 aliphatic rings. The molecule has 0 fully saturated rings. The molecule has 2 aromatic heterocycles. The first kappa shape index (κ1) is 16.9. The van der Waals surface area contributed by atoms with Gasteiger partial charge in [0.05, 0.1) is 13.2 Å². The van der Waals surface area contributed by atoms with Crippen molar-refractivity contribution >= 4 is 5.96 Å². The predicted octanol–water partition coefficient (Wildman–Crippen LogP) is 2.03. The molecule has 23 heavy (non-hydrogen) atoms. The van der Waals surface area contributed by atoms with Gasteiger partial charge in [-0.25, -0.2) is 4.98 Å². The van der Waals surface area contributed by atoms with Gasteiger partial charge in [0, 0.05) is 51.8 Å². The number of aromatic nitrogens is 2. The van der Waals surface area contributed by atoms with Gasteiger partial charge in [-0.3, -0.25) is 4.99 Å². The largest absolute Gasteiger partial charge is 0.478 e. The van der Waals surface area contributed by atoms with Crippen LogP contribution in [0.25, 0.3) is 0 Å². The molecule has 6 nitrogen and oxygen atoms in total. The van der Waals surface area contributed by atoms with Crippen LogP contribution in [0.2, 0.25) is 0 Å². The number of nitrogens with one attached hydrogen (secondary N) is 1. The van der Waals surface area contributed by atoms with Gasteiger partial charge in [-0.05, 0) is 30.7 Å². The molecule has 2 aromatic rings. The summed E-state index contributed by atoms with van der Waals surface area (Å²) in [6.07, 6.45) is 3.81. The van der Waals surface area contributed by atoms with Crippen LogP contribution in [-0.4, -0.2) is 41.1 Å². The van der Waals surface area contributed by atoms with Gasteiger partial charge < -0.3 is 19.5 Å². The van der Waals surface area contributed by atoms with Gasteiger partial charge in [0.25, 0.3) is 0 Å². The minimum atomic E-state index is 0.616. The topological polar surface area (TPSA) is 54.7 Å². The predicted molar refractivity (Wildman–Crippen MR) is 92.5 cm³/mol. The summed E-state index contributed by atoms with van der Waals surface area (Å²) in [5.74, 6) is 1.50. The van der Waals surface area contributed by atoms with E-state index in [1.807, 2.05) is 45.4 Å². The van der Waals surface area contributed by atoms with Crippen LogP contribution in [0.4, 0.5) is 0 Å². The van der Waals surface area contributed by atoms with E-state index < -0.39 is 0 Å². The smallest absolute Gasteiger partial charge is 0.213 e. The Morgan fingerprint density at radius 2 is 2.26 bits per heavy atom. The molecule has 0 amide bonds. The Morgan fingerprint density at radius 3 is 2.91 bits per heavy atom. The van der Waals surface area contributed by atoms with Crippen LogP contribution in [0, 0.1) is 0 Å². The fourth-order valence-corrected chi connectivity index (χ4v) is 2.33. The number of pyridine rings is 1. The number of aryl methyl sites for hydroxylation is 1. The molecule has 2 rings (SSSR count). The Balaban J connectivity index is 1.94. The third-order valence-corrected chi connectivity index (χ3v) is 3.57. The lowest BCUT2D eigenvalue weighted by Gasteiger charge is -2.22. The third-order valence-electron chi connectivity index (χ3n) is 3.57. The summed E-state index contributed by atoms with van der Waals surface area (Å²) in [4.78, 5) is 10.6. The van der Waals surface area contributed by atoms with Crippen molar-refractivity contribution in [1.82, 2.24) is 19.8 Å². The van der Waals surface area contributed by atoms with Crippen molar-refractivity contribution in [2.75, 3.05) is 20.7 Å². The minimum Gasteiger partial charge on any atom is -0.478 e. The molecule has 124 valence electrons. The quantitative estimate of drug-likeness (QED) is 0.654. The summed E-state index contributed by atoms with van der Waals surface area (Å²) in [6.45, 7) is 4.04. The monoisotopic (exact) mass is 315 g/mol. The highest BCUT2D eigenvalue weighted by molar-refractivity contribution is 5.79. The average Bonchev–Trinajstić information content (AvgIpc) is 2.94. The SMILES string of the molecule is CCOc1cc(CNC(=NC)N(C)Cc2cccn2C)ccn1. The zero-order chi connectivity index (χ0) is 16.7. The van der Waals surface area contributed by atoms with Gasteiger partial charge in [0.1, 0.15) is 0 Å². The van der Waals surface area contributed by atoms with E-state index in [9.17, 15) is 0 Å². The van der Waals surface area contributed by atoms with Gasteiger partial charge in [0.15, 0.2) is 5.96 Å². The average molecular weight is 315 g/mol. The molecule has 0 aromatic carbocycles. The Bertz CT molecular complexity index is 650. The van der Waals surface area contributed by atoms with Crippen LogP contribution < -0.4 is 10.1 Å². The van der Waals surface area contributed by atoms with Crippen LogP contribution >= 0.6 is 0 Å². The Morgan fingerprint density at radius 1 is 1.43 bits per heavy atom. The van der Waals surface area contributed by atoms with Gasteiger partial charge in [0.2, 0.25) is 5.88 Å². The number of rotatable bonds is 6. The first-order chi connectivity index (χ1) is 11.1. The maximum atomic E-state index is 5.43. The molecule has 0 saturated heterocycles. The van der Waals surface area contributed by atoms with Crippen molar-refractivity contribution in [3.05, 3.63) is 47.9 Å². The highest BCUT2D eigenvalue weighted by atomic mass is 16.5. The van der Waals surface area contributed by atoms with E-state index in [2.05, 4.69) is 30.8 Å². The normalized spacial score (nSPS) is 11.4. The number of ether oxygens (including phenoxy) is 1. The lowest BCUT2D eigenvalue weighted by molar-refractivity contribution is 0.326. The van der Waals surface area contributed by atoms with E-state index in [0.717, 1.165) is 18.1 Å². The lowest BCUT2D eigenvalue weighted by atomic mass is 10.2. The van der Waals surface area contributed by atoms with Gasteiger partial charge in [-0.2, -0.15) is 0 Å². The van der Waals surface area contributed by atoms with Crippen molar-refractivity contribution in [2.45, 2.75) is 20.0 Å². The molecule has 0 spiro atoms. The van der Waals surface area contributed by atoms with Crippen molar-refractivity contribution in [3.8, 4) is 5.88 Å². The van der Waals surface area contributed by atoms with E-state index in [4.69, 9.17) is 4.74 Å². The Kier molecular flexibility index (Phi) is 6.02. The molecule has 2 heterocycles. The number of guanidine groups is 1. The summed E-state index contributed by atoms with van der Waals surface area (Å²) in [7, 11) is 5.87. The van der Waals surface area contributed by atoms with Crippen LogP contribution in [0.5, 0.6) is 5.88 Å². The lowest BCUT2D eigenvalue weighted by Crippen LogP contribution is -2.38. The maximum absolute atomic E-state index is 5.43. The van der Waals surface area contributed by atoms with Gasteiger partial charge in [-0.15, -0.1) is 0 Å². The second-order valence-electron chi connectivity index (χ2n) is 5.30. The van der Waals surface area contributed by atoms with Crippen molar-refractivity contribution < 1.29 is 4.74 Å². The highest BCUT2D eigenvalue weighted by Crippen LogP contribution is 2.09. The molecule has 0 atom stereocenters. The van der Waals surface area contributed by atoms with E-state index >= 15 is 0 Å². The van der Waals surface area contributed by atoms with Crippen LogP contribution in [0.15, 0.2) is 41.7 Å². The molecular weight excluding hydrogens is 290 g/mol. The van der Waals surface area contributed by atoms with Crippen LogP contribution in [-0.2, 0) is 20.1 Å². The van der Waals surface area contributed by atoms with Crippen LogP contribution in [0.3, 0.4) is 0 Å². The van der Waals surface area contributed by atoms with Crippen molar-refractivity contribution in [3.63, 3.8) is 0 Å². The van der Waals surface area contributed by atoms with Crippen LogP contribution in [0.1, 0.15) is 18.2 Å². The van der Waals surface area contributed by atoms with Gasteiger partial charge >= 0.3 is 0 Å². The molecule has 0 aliphatic carbocycles. The number of nitrogens with zero attached hydrogens (tertiary/aromatic N) is 4. The summed E-state index contributed by atoms with van der Waals surface area (Å²) < 4.78 is 7.54. The number of hydrogen-bond acceptors (Lipinski definition) is 3. The van der Waals surface area contributed by atoms with E-state index in [1.54, 1.807) is 13.2 Å². The highest BCUT2D eigenvalue weighted by Gasteiger charge is 2.08. The zero-order valence-corrected chi connectivity index (χ0v) is 14.3. The summed E-state index contributed by atoms with van der Waals surface area (Å²) in [6, 6.07) is 8.08. The molecule has 0 saturated carbocycles. The second kappa shape index (κ2) is 8.22. The molecular formula is C17H25N5O. The maximum Gasteiger partial charge on any atom is 0.213 e. The number of aliphatic imine (C=N–C) groups is 1. The summed E-state index contributed by atoms with van der Waals surface area (Å²) in [5.41, 5.74) is 2.34. The zero-order valence-electron chi connectivity index (χ0n) is 14.3. The number of hydrogen-bond donors (Lipinski definition) is 1. The first-order valence-electron chi connectivity index (χ1n) is 7.73. The van der Waals surface area contributed by atoms with E-state index in [1.165, 1.54) is 5.69 Å². The summed E-state index contributed by atoms with van der Waals surface area (Å²) in [5, 5.41) is 3.37. The molecule has 1 N–H and O–H groups in total. The first-order valence-corrected chi connectivity index (χ1v) is 7.73. The molecule has 0 bridgehead atoms.